The molecule has 1 fully saturated rings. The molecule has 0 N–H and O–H groups in total. The fourth-order valence-corrected chi connectivity index (χ4v) is 3.21. The van der Waals surface area contributed by atoms with Crippen molar-refractivity contribution < 1.29 is 9.53 Å². The van der Waals surface area contributed by atoms with Gasteiger partial charge >= 0.3 is 0 Å². The number of carbonyl (C=O) groups excluding carboxylic acids is 1. The van der Waals surface area contributed by atoms with Crippen LogP contribution in [0, 0.1) is 13.8 Å². The number of hydrogen-bond donors (Lipinski definition) is 0. The average molecular weight is 350 g/mol. The summed E-state index contributed by atoms with van der Waals surface area (Å²) in [7, 11) is 1.65. The van der Waals surface area contributed by atoms with E-state index in [1.807, 2.05) is 49.1 Å². The summed E-state index contributed by atoms with van der Waals surface area (Å²) < 4.78 is 6.96. The molecular weight excluding hydrogens is 328 g/mol. The zero-order valence-corrected chi connectivity index (χ0v) is 15.3. The fraction of sp³-hybridized carbons (Fsp3) is 0.350. The number of hydrogen-bond acceptors (Lipinski definition) is 4. The molecule has 0 radical (unpaired) electrons. The van der Waals surface area contributed by atoms with E-state index in [-0.39, 0.29) is 5.91 Å². The molecule has 1 aliphatic carbocycles. The topological polar surface area (TPSA) is 59.7 Å². The molecule has 3 aromatic rings. The van der Waals surface area contributed by atoms with Crippen molar-refractivity contribution in [1.29, 1.82) is 0 Å². The maximum absolute atomic E-state index is 13.2. The van der Waals surface area contributed by atoms with E-state index in [1.165, 1.54) is 0 Å². The van der Waals surface area contributed by atoms with Gasteiger partial charge in [-0.1, -0.05) is 12.1 Å². The van der Waals surface area contributed by atoms with Gasteiger partial charge in [0.1, 0.15) is 5.75 Å². The van der Waals surface area contributed by atoms with Crippen molar-refractivity contribution in [1.82, 2.24) is 19.5 Å². The fourth-order valence-electron chi connectivity index (χ4n) is 3.21. The molecule has 1 aromatic carbocycles. The summed E-state index contributed by atoms with van der Waals surface area (Å²) in [5.41, 5.74) is 4.19. The van der Waals surface area contributed by atoms with Gasteiger partial charge in [0.05, 0.1) is 24.1 Å². The quantitative estimate of drug-likeness (QED) is 0.709. The number of nitrogens with zero attached hydrogens (tertiary/aromatic N) is 4. The lowest BCUT2D eigenvalue weighted by molar-refractivity contribution is 0.0728. The second-order valence-corrected chi connectivity index (χ2v) is 6.83. The monoisotopic (exact) mass is 350 g/mol. The molecule has 2 aromatic heterocycles. The molecule has 6 nitrogen and oxygen atoms in total. The number of amides is 1. The van der Waals surface area contributed by atoms with Crippen LogP contribution < -0.4 is 4.74 Å². The van der Waals surface area contributed by atoms with Gasteiger partial charge in [0.2, 0.25) is 0 Å². The van der Waals surface area contributed by atoms with Gasteiger partial charge in [-0.15, -0.1) is 0 Å². The lowest BCUT2D eigenvalue weighted by Crippen LogP contribution is -2.33. The normalized spacial score (nSPS) is 13.8. The first-order valence-electron chi connectivity index (χ1n) is 8.82. The van der Waals surface area contributed by atoms with E-state index in [9.17, 15) is 4.79 Å². The van der Waals surface area contributed by atoms with Crippen molar-refractivity contribution in [2.45, 2.75) is 39.3 Å². The molecule has 0 aliphatic heterocycles. The number of methoxy groups -OCH3 is 1. The lowest BCUT2D eigenvalue weighted by atomic mass is 10.1. The minimum atomic E-state index is 0.0170. The molecule has 0 atom stereocenters. The van der Waals surface area contributed by atoms with Crippen LogP contribution in [-0.4, -0.2) is 38.6 Å². The van der Waals surface area contributed by atoms with Crippen LogP contribution in [0.5, 0.6) is 5.75 Å². The second-order valence-electron chi connectivity index (χ2n) is 6.83. The van der Waals surface area contributed by atoms with E-state index >= 15 is 0 Å². The van der Waals surface area contributed by atoms with Gasteiger partial charge in [-0.25, -0.2) is 9.50 Å². The van der Waals surface area contributed by atoms with Crippen molar-refractivity contribution in [3.05, 3.63) is 59.0 Å². The van der Waals surface area contributed by atoms with Crippen LogP contribution in [0.1, 0.15) is 40.2 Å². The summed E-state index contributed by atoms with van der Waals surface area (Å²) in [6, 6.07) is 10.1. The van der Waals surface area contributed by atoms with Gasteiger partial charge in [-0.05, 0) is 44.4 Å². The van der Waals surface area contributed by atoms with Crippen molar-refractivity contribution in [2.75, 3.05) is 7.11 Å². The van der Waals surface area contributed by atoms with E-state index in [0.717, 1.165) is 41.2 Å². The van der Waals surface area contributed by atoms with Gasteiger partial charge in [-0.3, -0.25) is 4.79 Å². The smallest absolute Gasteiger partial charge is 0.257 e. The first-order valence-corrected chi connectivity index (χ1v) is 8.82. The first-order chi connectivity index (χ1) is 12.6. The highest BCUT2D eigenvalue weighted by atomic mass is 16.5. The Bertz CT molecular complexity index is 958. The summed E-state index contributed by atoms with van der Waals surface area (Å²) in [5.74, 6) is 0.834. The highest BCUT2D eigenvalue weighted by molar-refractivity contribution is 5.95. The molecule has 0 spiro atoms. The SMILES string of the molecule is COc1ccc(CN(C(=O)c2cnc3cc(C)nn3c2C)C2CC2)cc1. The van der Waals surface area contributed by atoms with Crippen molar-refractivity contribution >= 4 is 11.6 Å². The highest BCUT2D eigenvalue weighted by Crippen LogP contribution is 2.30. The van der Waals surface area contributed by atoms with E-state index in [1.54, 1.807) is 17.8 Å². The molecule has 0 bridgehead atoms. The standard InChI is InChI=1S/C20H22N4O2/c1-13-10-19-21-11-18(14(2)24(19)22-13)20(25)23(16-6-7-16)12-15-4-8-17(26-3)9-5-15/h4-5,8-11,16H,6-7,12H2,1-3H3. The average Bonchev–Trinajstić information content (AvgIpc) is 3.41. The Kier molecular flexibility index (Phi) is 4.11. The second kappa shape index (κ2) is 6.44. The molecule has 1 aliphatic rings. The van der Waals surface area contributed by atoms with Gasteiger partial charge in [0, 0.05) is 24.8 Å². The highest BCUT2D eigenvalue weighted by Gasteiger charge is 2.34. The largest absolute Gasteiger partial charge is 0.497 e. The Labute approximate surface area is 152 Å². The Morgan fingerprint density at radius 3 is 2.65 bits per heavy atom. The number of benzene rings is 1. The van der Waals surface area contributed by atoms with Crippen LogP contribution in [-0.2, 0) is 6.54 Å². The van der Waals surface area contributed by atoms with Crippen LogP contribution >= 0.6 is 0 Å². The molecule has 1 saturated carbocycles. The Morgan fingerprint density at radius 1 is 1.27 bits per heavy atom. The maximum atomic E-state index is 13.2. The Hall–Kier alpha value is -2.89. The Balaban J connectivity index is 1.64. The number of fused-ring (bicyclic) bond motifs is 1. The zero-order valence-electron chi connectivity index (χ0n) is 15.3. The number of ether oxygens (including phenoxy) is 1. The molecule has 6 heteroatoms. The third kappa shape index (κ3) is 3.03. The van der Waals surface area contributed by atoms with Crippen LogP contribution in [0.4, 0.5) is 0 Å². The van der Waals surface area contributed by atoms with Crippen LogP contribution in [0.2, 0.25) is 0 Å². The van der Waals surface area contributed by atoms with Crippen molar-refractivity contribution in [3.8, 4) is 5.75 Å². The maximum Gasteiger partial charge on any atom is 0.257 e. The third-order valence-corrected chi connectivity index (χ3v) is 4.84. The van der Waals surface area contributed by atoms with Crippen molar-refractivity contribution in [3.63, 3.8) is 0 Å². The summed E-state index contributed by atoms with van der Waals surface area (Å²) in [6.07, 6.45) is 3.78. The molecule has 0 unspecified atom stereocenters. The van der Waals surface area contributed by atoms with Gasteiger partial charge in [-0.2, -0.15) is 5.10 Å². The van der Waals surface area contributed by atoms with E-state index in [0.29, 0.717) is 18.2 Å². The van der Waals surface area contributed by atoms with Crippen molar-refractivity contribution in [2.24, 2.45) is 0 Å². The number of rotatable bonds is 5. The summed E-state index contributed by atoms with van der Waals surface area (Å²) in [5, 5.41) is 4.45. The molecule has 134 valence electrons. The number of carbonyl (C=O) groups is 1. The molecule has 0 saturated heterocycles. The summed E-state index contributed by atoms with van der Waals surface area (Å²) >= 11 is 0. The molecule has 4 rings (SSSR count). The minimum absolute atomic E-state index is 0.0170. The molecular formula is C20H22N4O2. The molecule has 1 amide bonds. The first kappa shape index (κ1) is 16.6. The number of aryl methyl sites for hydroxylation is 2. The van der Waals surface area contributed by atoms with Gasteiger partial charge in [0.25, 0.3) is 5.91 Å². The van der Waals surface area contributed by atoms with Gasteiger partial charge < -0.3 is 9.64 Å². The predicted octanol–water partition coefficient (Wildman–Crippen LogP) is 3.16. The molecule has 2 heterocycles. The summed E-state index contributed by atoms with van der Waals surface area (Å²) in [4.78, 5) is 19.6. The zero-order chi connectivity index (χ0) is 18.3. The number of aromatic nitrogens is 3. The van der Waals surface area contributed by atoms with Crippen LogP contribution in [0.15, 0.2) is 36.5 Å². The van der Waals surface area contributed by atoms with Crippen LogP contribution in [0.25, 0.3) is 5.65 Å². The van der Waals surface area contributed by atoms with Crippen LogP contribution in [0.3, 0.4) is 0 Å². The Morgan fingerprint density at radius 2 is 2.00 bits per heavy atom. The van der Waals surface area contributed by atoms with Gasteiger partial charge in [0.15, 0.2) is 5.65 Å². The van der Waals surface area contributed by atoms with E-state index < -0.39 is 0 Å². The van der Waals surface area contributed by atoms with E-state index in [4.69, 9.17) is 4.74 Å². The van der Waals surface area contributed by atoms with E-state index in [2.05, 4.69) is 10.1 Å². The predicted molar refractivity (Wildman–Crippen MR) is 98.4 cm³/mol. The summed E-state index contributed by atoms with van der Waals surface area (Å²) in [6.45, 7) is 4.44. The lowest BCUT2D eigenvalue weighted by Gasteiger charge is -2.23. The molecule has 26 heavy (non-hydrogen) atoms. The minimum Gasteiger partial charge on any atom is -0.497 e. The third-order valence-electron chi connectivity index (χ3n) is 4.84.